The molecule has 20 heavy (non-hydrogen) atoms. The van der Waals surface area contributed by atoms with E-state index in [1.165, 1.54) is 43.2 Å². The second kappa shape index (κ2) is 5.50. The maximum Gasteiger partial charge on any atom is 0.0631 e. The van der Waals surface area contributed by atoms with Gasteiger partial charge in [-0.2, -0.15) is 0 Å². The molecule has 0 spiro atoms. The van der Waals surface area contributed by atoms with Crippen LogP contribution in [0.3, 0.4) is 0 Å². The van der Waals surface area contributed by atoms with Gasteiger partial charge in [0.2, 0.25) is 0 Å². The number of hydrogen-bond donors (Lipinski definition) is 1. The van der Waals surface area contributed by atoms with Gasteiger partial charge in [0.1, 0.15) is 0 Å². The summed E-state index contributed by atoms with van der Waals surface area (Å²) in [5, 5.41) is 0. The first-order valence-electron chi connectivity index (χ1n) is 8.06. The molecule has 1 aromatic carbocycles. The Balaban J connectivity index is 1.72. The molecule has 1 aliphatic carbocycles. The minimum atomic E-state index is 0.0669. The van der Waals surface area contributed by atoms with Crippen LogP contribution in [-0.4, -0.2) is 11.7 Å². The van der Waals surface area contributed by atoms with E-state index in [1.807, 2.05) is 0 Å². The van der Waals surface area contributed by atoms with Crippen molar-refractivity contribution in [1.29, 1.82) is 0 Å². The van der Waals surface area contributed by atoms with Gasteiger partial charge in [0.15, 0.2) is 0 Å². The van der Waals surface area contributed by atoms with Crippen molar-refractivity contribution in [2.75, 3.05) is 0 Å². The predicted molar refractivity (Wildman–Crippen MR) is 82.6 cm³/mol. The molecule has 2 N–H and O–H groups in total. The van der Waals surface area contributed by atoms with Gasteiger partial charge in [-0.15, -0.1) is 0 Å². The number of benzene rings is 1. The third-order valence-corrected chi connectivity index (χ3v) is 5.06. The van der Waals surface area contributed by atoms with Crippen LogP contribution in [-0.2, 0) is 11.2 Å². The maximum absolute atomic E-state index is 6.58. The fraction of sp³-hybridized carbons (Fsp3) is 0.667. The molecule has 3 atom stereocenters. The van der Waals surface area contributed by atoms with Crippen molar-refractivity contribution >= 4 is 0 Å². The molecule has 2 aliphatic rings. The van der Waals surface area contributed by atoms with E-state index in [-0.39, 0.29) is 11.6 Å². The second-order valence-electron chi connectivity index (χ2n) is 7.15. The molecule has 2 nitrogen and oxygen atoms in total. The maximum atomic E-state index is 6.58. The molecule has 2 heteroatoms. The Bertz CT molecular complexity index is 468. The first-order chi connectivity index (χ1) is 9.55. The van der Waals surface area contributed by atoms with Gasteiger partial charge in [-0.25, -0.2) is 0 Å². The van der Waals surface area contributed by atoms with Gasteiger partial charge < -0.3 is 10.5 Å². The van der Waals surface area contributed by atoms with Crippen LogP contribution >= 0.6 is 0 Å². The highest BCUT2D eigenvalue weighted by molar-refractivity contribution is 5.31. The summed E-state index contributed by atoms with van der Waals surface area (Å²) in [6, 6.07) is 8.90. The zero-order valence-corrected chi connectivity index (χ0v) is 12.8. The highest BCUT2D eigenvalue weighted by Gasteiger charge is 2.35. The first kappa shape index (κ1) is 14.1. The minimum Gasteiger partial charge on any atom is -0.372 e. The van der Waals surface area contributed by atoms with Crippen LogP contribution in [0.15, 0.2) is 24.3 Å². The standard InChI is InChI=1S/C18H27NO/c1-18(2)11-10-15(20-18)12-14-8-5-7-13-6-3-4-9-16(13)17(14)19/h3-4,6,9,14-15,17H,5,7-8,10-12,19H2,1-2H3. The largest absolute Gasteiger partial charge is 0.372 e. The van der Waals surface area contributed by atoms with Gasteiger partial charge >= 0.3 is 0 Å². The minimum absolute atomic E-state index is 0.0669. The normalized spacial score (nSPS) is 32.6. The molecule has 3 rings (SSSR count). The zero-order valence-electron chi connectivity index (χ0n) is 12.8. The number of hydrogen-bond acceptors (Lipinski definition) is 2. The molecule has 0 bridgehead atoms. The highest BCUT2D eigenvalue weighted by Crippen LogP contribution is 2.38. The molecule has 1 aromatic rings. The van der Waals surface area contributed by atoms with Crippen molar-refractivity contribution in [2.45, 2.75) is 70.1 Å². The molecular formula is C18H27NO. The molecule has 1 aliphatic heterocycles. The number of aryl methyl sites for hydroxylation is 1. The number of nitrogens with two attached hydrogens (primary N) is 1. The lowest BCUT2D eigenvalue weighted by molar-refractivity contribution is -0.0264. The van der Waals surface area contributed by atoms with Crippen LogP contribution in [0, 0.1) is 5.92 Å². The van der Waals surface area contributed by atoms with Crippen LogP contribution in [0.25, 0.3) is 0 Å². The van der Waals surface area contributed by atoms with Crippen molar-refractivity contribution in [3.8, 4) is 0 Å². The highest BCUT2D eigenvalue weighted by atomic mass is 16.5. The number of rotatable bonds is 2. The van der Waals surface area contributed by atoms with Crippen LogP contribution in [0.1, 0.15) is 63.1 Å². The van der Waals surface area contributed by atoms with E-state index in [4.69, 9.17) is 10.5 Å². The number of fused-ring (bicyclic) bond motifs is 1. The van der Waals surface area contributed by atoms with Gasteiger partial charge in [0.25, 0.3) is 0 Å². The van der Waals surface area contributed by atoms with Crippen LogP contribution in [0.4, 0.5) is 0 Å². The van der Waals surface area contributed by atoms with E-state index in [9.17, 15) is 0 Å². The average molecular weight is 273 g/mol. The van der Waals surface area contributed by atoms with Crippen LogP contribution < -0.4 is 5.73 Å². The molecule has 0 aromatic heterocycles. The van der Waals surface area contributed by atoms with E-state index in [0.717, 1.165) is 6.42 Å². The molecule has 1 saturated heterocycles. The third kappa shape index (κ3) is 2.91. The Hall–Kier alpha value is -0.860. The summed E-state index contributed by atoms with van der Waals surface area (Å²) in [5.41, 5.74) is 9.47. The fourth-order valence-electron chi connectivity index (χ4n) is 3.92. The average Bonchev–Trinajstić information content (AvgIpc) is 2.68. The van der Waals surface area contributed by atoms with Crippen LogP contribution in [0.2, 0.25) is 0 Å². The zero-order chi connectivity index (χ0) is 14.2. The molecule has 1 heterocycles. The van der Waals surface area contributed by atoms with E-state index < -0.39 is 0 Å². The van der Waals surface area contributed by atoms with Gasteiger partial charge in [-0.1, -0.05) is 24.3 Å². The predicted octanol–water partition coefficient (Wildman–Crippen LogP) is 3.99. The summed E-state index contributed by atoms with van der Waals surface area (Å²) in [6.07, 6.45) is 7.57. The van der Waals surface area contributed by atoms with Crippen molar-refractivity contribution < 1.29 is 4.74 Å². The molecule has 110 valence electrons. The smallest absolute Gasteiger partial charge is 0.0631 e. The van der Waals surface area contributed by atoms with E-state index in [2.05, 4.69) is 38.1 Å². The van der Waals surface area contributed by atoms with Gasteiger partial charge in [-0.05, 0) is 69.4 Å². The van der Waals surface area contributed by atoms with E-state index >= 15 is 0 Å². The fourth-order valence-corrected chi connectivity index (χ4v) is 3.92. The summed E-state index contributed by atoms with van der Waals surface area (Å²) >= 11 is 0. The lowest BCUT2D eigenvalue weighted by atomic mass is 9.86. The lowest BCUT2D eigenvalue weighted by Gasteiger charge is -2.27. The lowest BCUT2D eigenvalue weighted by Crippen LogP contribution is -2.27. The van der Waals surface area contributed by atoms with E-state index in [0.29, 0.717) is 12.0 Å². The Labute approximate surface area is 122 Å². The van der Waals surface area contributed by atoms with E-state index in [1.54, 1.807) is 0 Å². The molecular weight excluding hydrogens is 246 g/mol. The van der Waals surface area contributed by atoms with Gasteiger partial charge in [0.05, 0.1) is 11.7 Å². The Morgan fingerprint density at radius 3 is 2.80 bits per heavy atom. The summed E-state index contributed by atoms with van der Waals surface area (Å²) in [5.74, 6) is 0.567. The molecule has 0 amide bonds. The second-order valence-corrected chi connectivity index (χ2v) is 7.15. The Kier molecular flexibility index (Phi) is 3.87. The molecule has 3 unspecified atom stereocenters. The monoisotopic (exact) mass is 273 g/mol. The molecule has 0 radical (unpaired) electrons. The summed E-state index contributed by atoms with van der Waals surface area (Å²) < 4.78 is 6.17. The summed E-state index contributed by atoms with van der Waals surface area (Å²) in [6.45, 7) is 4.41. The third-order valence-electron chi connectivity index (χ3n) is 5.06. The number of ether oxygens (including phenoxy) is 1. The van der Waals surface area contributed by atoms with Gasteiger partial charge in [-0.3, -0.25) is 0 Å². The first-order valence-corrected chi connectivity index (χ1v) is 8.06. The Morgan fingerprint density at radius 1 is 1.25 bits per heavy atom. The summed E-state index contributed by atoms with van der Waals surface area (Å²) in [4.78, 5) is 0. The molecule has 0 saturated carbocycles. The van der Waals surface area contributed by atoms with Crippen molar-refractivity contribution in [2.24, 2.45) is 11.7 Å². The quantitative estimate of drug-likeness (QED) is 0.827. The van der Waals surface area contributed by atoms with Gasteiger partial charge in [0, 0.05) is 6.04 Å². The SMILES string of the molecule is CC1(C)CCC(CC2CCCc3ccccc3C2N)O1. The van der Waals surface area contributed by atoms with Crippen molar-refractivity contribution in [1.82, 2.24) is 0 Å². The van der Waals surface area contributed by atoms with Crippen LogP contribution in [0.5, 0.6) is 0 Å². The topological polar surface area (TPSA) is 35.2 Å². The molecule has 1 fully saturated rings. The van der Waals surface area contributed by atoms with Crippen molar-refractivity contribution in [3.05, 3.63) is 35.4 Å². The van der Waals surface area contributed by atoms with Crippen molar-refractivity contribution in [3.63, 3.8) is 0 Å². The summed E-state index contributed by atoms with van der Waals surface area (Å²) in [7, 11) is 0. The Morgan fingerprint density at radius 2 is 2.05 bits per heavy atom.